The van der Waals surface area contributed by atoms with Crippen molar-refractivity contribution in [3.05, 3.63) is 64.1 Å². The maximum Gasteiger partial charge on any atom is 0.337 e. The summed E-state index contributed by atoms with van der Waals surface area (Å²) in [5.41, 5.74) is -0.175. The lowest BCUT2D eigenvalue weighted by atomic mass is 10.1. The number of rotatable bonds is 5. The van der Waals surface area contributed by atoms with E-state index < -0.39 is 23.5 Å². The number of aromatic carboxylic acids is 1. The molecule has 0 spiro atoms. The van der Waals surface area contributed by atoms with Gasteiger partial charge in [-0.25, -0.2) is 9.59 Å². The van der Waals surface area contributed by atoms with Crippen molar-refractivity contribution in [2.24, 2.45) is 0 Å². The molecule has 2 aromatic rings. The molecule has 0 aliphatic carbocycles. The third-order valence-corrected chi connectivity index (χ3v) is 3.17. The molecule has 22 heavy (non-hydrogen) atoms. The Hall–Kier alpha value is -3.09. The number of carboxylic acids is 2. The molecule has 0 saturated carbocycles. The summed E-state index contributed by atoms with van der Waals surface area (Å²) in [5, 5.41) is 27.5. The summed E-state index contributed by atoms with van der Waals surface area (Å²) in [6.07, 6.45) is 1.00. The van der Waals surface area contributed by atoms with Crippen LogP contribution in [-0.2, 0) is 11.2 Å². The third-order valence-electron chi connectivity index (χ3n) is 3.17. The van der Waals surface area contributed by atoms with Gasteiger partial charge in [0, 0.05) is 18.7 Å². The van der Waals surface area contributed by atoms with Crippen LogP contribution in [0.1, 0.15) is 22.0 Å². The van der Waals surface area contributed by atoms with E-state index >= 15 is 0 Å². The molecule has 0 saturated heterocycles. The lowest BCUT2D eigenvalue weighted by Crippen LogP contribution is -2.31. The molecule has 114 valence electrons. The van der Waals surface area contributed by atoms with Gasteiger partial charge in [-0.3, -0.25) is 4.79 Å². The highest BCUT2D eigenvalue weighted by Crippen LogP contribution is 2.17. The summed E-state index contributed by atoms with van der Waals surface area (Å²) in [5.74, 6) is -2.46. The topological polar surface area (TPSA) is 117 Å². The number of hydrogen-bond donors (Lipinski definition) is 3. The predicted molar refractivity (Wildman–Crippen MR) is 76.1 cm³/mol. The summed E-state index contributed by atoms with van der Waals surface area (Å²) in [4.78, 5) is 34.3. The number of nitrogens with zero attached hydrogens (tertiary/aromatic N) is 1. The van der Waals surface area contributed by atoms with E-state index in [2.05, 4.69) is 0 Å². The summed E-state index contributed by atoms with van der Waals surface area (Å²) < 4.78 is 0.888. The summed E-state index contributed by atoms with van der Waals surface area (Å²) >= 11 is 0. The molecule has 7 nitrogen and oxygen atoms in total. The molecule has 0 fully saturated rings. The smallest absolute Gasteiger partial charge is 0.337 e. The number of pyridine rings is 1. The van der Waals surface area contributed by atoms with Crippen molar-refractivity contribution >= 4 is 11.9 Å². The van der Waals surface area contributed by atoms with Crippen LogP contribution in [0.2, 0.25) is 0 Å². The van der Waals surface area contributed by atoms with Crippen LogP contribution < -0.4 is 5.56 Å². The molecular formula is C15H13NO6. The average Bonchev–Trinajstić information content (AvgIpc) is 2.47. The molecule has 0 bridgehead atoms. The van der Waals surface area contributed by atoms with Crippen LogP contribution >= 0.6 is 0 Å². The van der Waals surface area contributed by atoms with Crippen LogP contribution in [0.3, 0.4) is 0 Å². The van der Waals surface area contributed by atoms with E-state index in [0.29, 0.717) is 5.56 Å². The minimum absolute atomic E-state index is 0.0153. The van der Waals surface area contributed by atoms with Crippen LogP contribution in [0, 0.1) is 0 Å². The normalized spacial score (nSPS) is 11.8. The fraction of sp³-hybridized carbons (Fsp3) is 0.133. The monoisotopic (exact) mass is 303 g/mol. The second-order valence-electron chi connectivity index (χ2n) is 4.69. The van der Waals surface area contributed by atoms with E-state index in [1.165, 1.54) is 24.3 Å². The van der Waals surface area contributed by atoms with E-state index in [1.807, 2.05) is 0 Å². The average molecular weight is 303 g/mol. The van der Waals surface area contributed by atoms with Crippen LogP contribution in [-0.4, -0.2) is 31.8 Å². The van der Waals surface area contributed by atoms with Crippen molar-refractivity contribution in [1.29, 1.82) is 0 Å². The zero-order chi connectivity index (χ0) is 16.3. The first-order valence-electron chi connectivity index (χ1n) is 6.34. The van der Waals surface area contributed by atoms with E-state index in [9.17, 15) is 24.6 Å². The Labute approximate surface area is 124 Å². The van der Waals surface area contributed by atoms with Gasteiger partial charge < -0.3 is 19.9 Å². The number of aliphatic carboxylic acids is 1. The van der Waals surface area contributed by atoms with Crippen molar-refractivity contribution in [2.45, 2.75) is 12.5 Å². The van der Waals surface area contributed by atoms with Crippen molar-refractivity contribution in [3.8, 4) is 5.75 Å². The highest BCUT2D eigenvalue weighted by Gasteiger charge is 2.22. The Bertz CT molecular complexity index is 762. The molecule has 1 heterocycles. The number of aromatic nitrogens is 1. The molecule has 3 N–H and O–H groups in total. The van der Waals surface area contributed by atoms with Gasteiger partial charge in [0.25, 0.3) is 5.56 Å². The van der Waals surface area contributed by atoms with Crippen LogP contribution in [0.4, 0.5) is 0 Å². The van der Waals surface area contributed by atoms with Gasteiger partial charge in [-0.2, -0.15) is 0 Å². The molecule has 0 radical (unpaired) electrons. The number of hydrogen-bond acceptors (Lipinski definition) is 4. The summed E-state index contributed by atoms with van der Waals surface area (Å²) in [7, 11) is 0. The second-order valence-corrected chi connectivity index (χ2v) is 4.69. The number of carbonyl (C=O) groups is 2. The van der Waals surface area contributed by atoms with E-state index in [0.717, 1.165) is 22.9 Å². The highest BCUT2D eigenvalue weighted by molar-refractivity contribution is 5.87. The summed E-state index contributed by atoms with van der Waals surface area (Å²) in [6.45, 7) is 0. The number of carboxylic acid groups (broad SMARTS) is 2. The SMILES string of the molecule is O=C(O)c1ccc(=O)n([C@@H](Cc2ccc(O)cc2)C(=O)O)c1. The van der Waals surface area contributed by atoms with Gasteiger partial charge in [-0.1, -0.05) is 12.1 Å². The van der Waals surface area contributed by atoms with E-state index in [-0.39, 0.29) is 17.7 Å². The molecule has 0 aliphatic heterocycles. The van der Waals surface area contributed by atoms with Crippen molar-refractivity contribution < 1.29 is 24.9 Å². The minimum atomic E-state index is -1.25. The van der Waals surface area contributed by atoms with Crippen LogP contribution in [0.25, 0.3) is 0 Å². The molecule has 0 aliphatic rings. The quantitative estimate of drug-likeness (QED) is 0.762. The second kappa shape index (κ2) is 6.13. The first-order chi connectivity index (χ1) is 10.4. The molecule has 2 rings (SSSR count). The molecule has 7 heteroatoms. The van der Waals surface area contributed by atoms with Gasteiger partial charge in [0.1, 0.15) is 11.8 Å². The van der Waals surface area contributed by atoms with E-state index in [1.54, 1.807) is 0 Å². The van der Waals surface area contributed by atoms with Gasteiger partial charge in [-0.15, -0.1) is 0 Å². The predicted octanol–water partition coefficient (Wildman–Crippen LogP) is 1.12. The fourth-order valence-electron chi connectivity index (χ4n) is 2.03. The van der Waals surface area contributed by atoms with Gasteiger partial charge >= 0.3 is 11.9 Å². The lowest BCUT2D eigenvalue weighted by Gasteiger charge is -2.16. The van der Waals surface area contributed by atoms with Gasteiger partial charge in [0.05, 0.1) is 5.56 Å². The first kappa shape index (κ1) is 15.3. The van der Waals surface area contributed by atoms with Gasteiger partial charge in [0.2, 0.25) is 0 Å². The third kappa shape index (κ3) is 3.32. The number of phenolic OH excluding ortho intramolecular Hbond substituents is 1. The van der Waals surface area contributed by atoms with Gasteiger partial charge in [0.15, 0.2) is 0 Å². The minimum Gasteiger partial charge on any atom is -0.508 e. The van der Waals surface area contributed by atoms with E-state index in [4.69, 9.17) is 5.11 Å². The molecule has 1 aromatic carbocycles. The number of aromatic hydroxyl groups is 1. The first-order valence-corrected chi connectivity index (χ1v) is 6.34. The standard InChI is InChI=1S/C15H13NO6/c17-11-4-1-9(2-5-11)7-12(15(21)22)16-8-10(14(19)20)3-6-13(16)18/h1-6,8,12,17H,7H2,(H,19,20)(H,21,22)/t12-/m0/s1. The fourth-order valence-corrected chi connectivity index (χ4v) is 2.03. The molecule has 1 atom stereocenters. The van der Waals surface area contributed by atoms with Crippen LogP contribution in [0.5, 0.6) is 5.75 Å². The molecule has 0 unspecified atom stereocenters. The van der Waals surface area contributed by atoms with Crippen molar-refractivity contribution in [1.82, 2.24) is 4.57 Å². The number of benzene rings is 1. The maximum absolute atomic E-state index is 11.9. The highest BCUT2D eigenvalue weighted by atomic mass is 16.4. The van der Waals surface area contributed by atoms with Crippen LogP contribution in [0.15, 0.2) is 47.4 Å². The Morgan fingerprint density at radius 3 is 2.23 bits per heavy atom. The zero-order valence-electron chi connectivity index (χ0n) is 11.3. The lowest BCUT2D eigenvalue weighted by molar-refractivity contribution is -0.141. The van der Waals surface area contributed by atoms with Gasteiger partial charge in [-0.05, 0) is 23.8 Å². The molecule has 1 aromatic heterocycles. The Kier molecular flexibility index (Phi) is 4.26. The Morgan fingerprint density at radius 2 is 1.68 bits per heavy atom. The maximum atomic E-state index is 11.9. The molecule has 0 amide bonds. The Morgan fingerprint density at radius 1 is 1.05 bits per heavy atom. The zero-order valence-corrected chi connectivity index (χ0v) is 11.3. The van der Waals surface area contributed by atoms with Crippen molar-refractivity contribution in [2.75, 3.05) is 0 Å². The number of phenols is 1. The Balaban J connectivity index is 2.42. The van der Waals surface area contributed by atoms with Crippen molar-refractivity contribution in [3.63, 3.8) is 0 Å². The largest absolute Gasteiger partial charge is 0.508 e. The summed E-state index contributed by atoms with van der Waals surface area (Å²) in [6, 6.07) is 6.80. The molecular weight excluding hydrogens is 290 g/mol.